The van der Waals surface area contributed by atoms with Gasteiger partial charge in [0, 0.05) is 23.7 Å². The Morgan fingerprint density at radius 1 is 1.04 bits per heavy atom. The van der Waals surface area contributed by atoms with Crippen LogP contribution in [0.1, 0.15) is 28.8 Å². The van der Waals surface area contributed by atoms with Crippen molar-refractivity contribution in [3.8, 4) is 0 Å². The number of nitrogens with zero attached hydrogens (tertiary/aromatic N) is 1. The van der Waals surface area contributed by atoms with Crippen LogP contribution in [0.2, 0.25) is 10.0 Å². The molecule has 0 saturated carbocycles. The van der Waals surface area contributed by atoms with E-state index in [2.05, 4.69) is 10.2 Å². The fourth-order valence-electron chi connectivity index (χ4n) is 3.21. The predicted octanol–water partition coefficient (Wildman–Crippen LogP) is 3.94. The molecule has 0 bridgehead atoms. The van der Waals surface area contributed by atoms with Crippen molar-refractivity contribution in [2.24, 2.45) is 11.7 Å². The molecule has 142 valence electrons. The largest absolute Gasteiger partial charge is 0.366 e. The average molecular weight is 406 g/mol. The minimum Gasteiger partial charge on any atom is -0.366 e. The second-order valence-electron chi connectivity index (χ2n) is 6.73. The Hall–Kier alpha value is -2.08. The Kier molecular flexibility index (Phi) is 6.37. The highest BCUT2D eigenvalue weighted by Crippen LogP contribution is 2.25. The van der Waals surface area contributed by atoms with Gasteiger partial charge < -0.3 is 11.1 Å². The van der Waals surface area contributed by atoms with E-state index in [1.165, 1.54) is 0 Å². The summed E-state index contributed by atoms with van der Waals surface area (Å²) in [6, 6.07) is 12.3. The first-order chi connectivity index (χ1) is 12.9. The Bertz CT molecular complexity index is 832. The second kappa shape index (κ2) is 8.74. The fraction of sp³-hybridized carbons (Fsp3) is 0.300. The van der Waals surface area contributed by atoms with Crippen LogP contribution in [-0.2, 0) is 11.3 Å². The zero-order valence-electron chi connectivity index (χ0n) is 14.8. The van der Waals surface area contributed by atoms with E-state index in [4.69, 9.17) is 28.9 Å². The van der Waals surface area contributed by atoms with Crippen LogP contribution in [0.3, 0.4) is 0 Å². The second-order valence-corrected chi connectivity index (χ2v) is 7.54. The van der Waals surface area contributed by atoms with Crippen LogP contribution >= 0.6 is 23.2 Å². The lowest BCUT2D eigenvalue weighted by molar-refractivity contribution is -0.121. The third kappa shape index (κ3) is 5.22. The number of carbonyl (C=O) groups excluding carboxylic acids is 2. The van der Waals surface area contributed by atoms with Gasteiger partial charge in [-0.3, -0.25) is 14.5 Å². The monoisotopic (exact) mass is 405 g/mol. The molecule has 3 N–H and O–H groups in total. The molecule has 1 aliphatic heterocycles. The van der Waals surface area contributed by atoms with Crippen molar-refractivity contribution >= 4 is 40.7 Å². The third-order valence-electron chi connectivity index (χ3n) is 4.79. The van der Waals surface area contributed by atoms with Gasteiger partial charge in [-0.15, -0.1) is 0 Å². The molecule has 0 aliphatic carbocycles. The summed E-state index contributed by atoms with van der Waals surface area (Å²) in [5, 5.41) is 4.03. The van der Waals surface area contributed by atoms with Gasteiger partial charge in [0.05, 0.1) is 10.0 Å². The number of carbonyl (C=O) groups is 2. The Morgan fingerprint density at radius 2 is 1.70 bits per heavy atom. The standard InChI is InChI=1S/C20H21Cl2N3O2/c21-17-6-1-13(11-18(17)22)12-25-9-7-15(8-10-25)20(27)24-16-4-2-14(3-5-16)19(23)26/h1-6,11,15H,7-10,12H2,(H2,23,26)(H,24,27). The van der Waals surface area contributed by atoms with Crippen molar-refractivity contribution < 1.29 is 9.59 Å². The molecule has 3 rings (SSSR count). The third-order valence-corrected chi connectivity index (χ3v) is 5.52. The van der Waals surface area contributed by atoms with Crippen LogP contribution in [0.25, 0.3) is 0 Å². The zero-order chi connectivity index (χ0) is 19.4. The number of anilines is 1. The Morgan fingerprint density at radius 3 is 2.30 bits per heavy atom. The molecular formula is C20H21Cl2N3O2. The number of piperidine rings is 1. The number of amides is 2. The van der Waals surface area contributed by atoms with Crippen LogP contribution < -0.4 is 11.1 Å². The van der Waals surface area contributed by atoms with E-state index < -0.39 is 5.91 Å². The van der Waals surface area contributed by atoms with Gasteiger partial charge >= 0.3 is 0 Å². The van der Waals surface area contributed by atoms with Gasteiger partial charge in [-0.2, -0.15) is 0 Å². The van der Waals surface area contributed by atoms with Gasteiger partial charge in [0.2, 0.25) is 11.8 Å². The highest BCUT2D eigenvalue weighted by Gasteiger charge is 2.25. The average Bonchev–Trinajstić information content (AvgIpc) is 2.66. The molecule has 7 heteroatoms. The van der Waals surface area contributed by atoms with E-state index >= 15 is 0 Å². The number of rotatable bonds is 5. The quantitative estimate of drug-likeness (QED) is 0.790. The van der Waals surface area contributed by atoms with E-state index in [1.54, 1.807) is 24.3 Å². The highest BCUT2D eigenvalue weighted by atomic mass is 35.5. The van der Waals surface area contributed by atoms with E-state index in [9.17, 15) is 9.59 Å². The summed E-state index contributed by atoms with van der Waals surface area (Å²) in [6.07, 6.45) is 1.60. The number of nitrogens with one attached hydrogen (secondary N) is 1. The molecule has 0 radical (unpaired) electrons. The van der Waals surface area contributed by atoms with Crippen molar-refractivity contribution in [3.63, 3.8) is 0 Å². The molecule has 2 aromatic rings. The summed E-state index contributed by atoms with van der Waals surface area (Å²) in [5.74, 6) is -0.496. The molecule has 1 heterocycles. The van der Waals surface area contributed by atoms with Gasteiger partial charge in [-0.25, -0.2) is 0 Å². The molecule has 5 nitrogen and oxygen atoms in total. The zero-order valence-corrected chi connectivity index (χ0v) is 16.3. The summed E-state index contributed by atoms with van der Waals surface area (Å²) in [4.78, 5) is 25.9. The number of likely N-dealkylation sites (tertiary alicyclic amines) is 1. The summed E-state index contributed by atoms with van der Waals surface area (Å²) in [6.45, 7) is 2.48. The predicted molar refractivity (Wildman–Crippen MR) is 108 cm³/mol. The number of halogens is 2. The van der Waals surface area contributed by atoms with Gasteiger partial charge in [-0.05, 0) is 67.9 Å². The maximum absolute atomic E-state index is 12.5. The van der Waals surface area contributed by atoms with Gasteiger partial charge in [0.15, 0.2) is 0 Å². The lowest BCUT2D eigenvalue weighted by atomic mass is 9.95. The summed E-state index contributed by atoms with van der Waals surface area (Å²) < 4.78 is 0. The normalized spacial score (nSPS) is 15.5. The van der Waals surface area contributed by atoms with E-state index in [0.717, 1.165) is 38.0 Å². The van der Waals surface area contributed by atoms with Gasteiger partial charge in [0.1, 0.15) is 0 Å². The smallest absolute Gasteiger partial charge is 0.248 e. The van der Waals surface area contributed by atoms with Crippen molar-refractivity contribution in [1.82, 2.24) is 4.90 Å². The van der Waals surface area contributed by atoms with Crippen molar-refractivity contribution in [1.29, 1.82) is 0 Å². The number of hydrogen-bond acceptors (Lipinski definition) is 3. The minimum absolute atomic E-state index is 0.0102. The number of nitrogens with two attached hydrogens (primary N) is 1. The number of primary amides is 1. The maximum atomic E-state index is 12.5. The topological polar surface area (TPSA) is 75.4 Å². The van der Waals surface area contributed by atoms with Crippen LogP contribution in [0.15, 0.2) is 42.5 Å². The Labute approximate surface area is 168 Å². The summed E-state index contributed by atoms with van der Waals surface area (Å²) >= 11 is 12.0. The van der Waals surface area contributed by atoms with Crippen molar-refractivity contribution in [2.75, 3.05) is 18.4 Å². The lowest BCUT2D eigenvalue weighted by Crippen LogP contribution is -2.37. The number of benzene rings is 2. The minimum atomic E-state index is -0.484. The highest BCUT2D eigenvalue weighted by molar-refractivity contribution is 6.42. The van der Waals surface area contributed by atoms with Crippen LogP contribution in [0.5, 0.6) is 0 Å². The van der Waals surface area contributed by atoms with Crippen LogP contribution in [0, 0.1) is 5.92 Å². The molecule has 0 atom stereocenters. The molecule has 0 spiro atoms. The first-order valence-corrected chi connectivity index (χ1v) is 9.55. The molecular weight excluding hydrogens is 385 g/mol. The SMILES string of the molecule is NC(=O)c1ccc(NC(=O)C2CCN(Cc3ccc(Cl)c(Cl)c3)CC2)cc1. The summed E-state index contributed by atoms with van der Waals surface area (Å²) in [7, 11) is 0. The van der Waals surface area contributed by atoms with Crippen LogP contribution in [0.4, 0.5) is 5.69 Å². The molecule has 1 aliphatic rings. The summed E-state index contributed by atoms with van der Waals surface area (Å²) in [5.41, 5.74) is 7.42. The van der Waals surface area contributed by atoms with E-state index in [-0.39, 0.29) is 11.8 Å². The first kappa shape index (κ1) is 19.7. The molecule has 1 fully saturated rings. The van der Waals surface area contributed by atoms with Crippen molar-refractivity contribution in [3.05, 3.63) is 63.6 Å². The molecule has 2 amide bonds. The van der Waals surface area contributed by atoms with E-state index in [1.807, 2.05) is 18.2 Å². The molecule has 2 aromatic carbocycles. The maximum Gasteiger partial charge on any atom is 0.248 e. The lowest BCUT2D eigenvalue weighted by Gasteiger charge is -2.31. The Balaban J connectivity index is 1.50. The molecule has 1 saturated heterocycles. The van der Waals surface area contributed by atoms with E-state index in [0.29, 0.717) is 21.3 Å². The van der Waals surface area contributed by atoms with Crippen molar-refractivity contribution in [2.45, 2.75) is 19.4 Å². The fourth-order valence-corrected chi connectivity index (χ4v) is 3.53. The van der Waals surface area contributed by atoms with Gasteiger partial charge in [0.25, 0.3) is 0 Å². The molecule has 0 unspecified atom stereocenters. The number of hydrogen-bond donors (Lipinski definition) is 2. The van der Waals surface area contributed by atoms with Gasteiger partial charge in [-0.1, -0.05) is 29.3 Å². The van der Waals surface area contributed by atoms with Crippen LogP contribution in [-0.4, -0.2) is 29.8 Å². The molecule has 27 heavy (non-hydrogen) atoms. The first-order valence-electron chi connectivity index (χ1n) is 8.79. The molecule has 0 aromatic heterocycles.